The number of ether oxygens (including phenoxy) is 1. The zero-order valence-electron chi connectivity index (χ0n) is 14.6. The number of thioether (sulfide) groups is 1. The number of nitro groups is 1. The second-order valence-electron chi connectivity index (χ2n) is 5.69. The lowest BCUT2D eigenvalue weighted by molar-refractivity contribution is -0.384. The molecule has 2 rings (SSSR count). The largest absolute Gasteiger partial charge is 0.494 e. The van der Waals surface area contributed by atoms with Crippen LogP contribution in [-0.2, 0) is 10.5 Å². The third-order valence-corrected chi connectivity index (χ3v) is 4.56. The van der Waals surface area contributed by atoms with Crippen molar-refractivity contribution < 1.29 is 14.5 Å². The Morgan fingerprint density at radius 2 is 1.85 bits per heavy atom. The van der Waals surface area contributed by atoms with E-state index in [9.17, 15) is 14.9 Å². The number of amides is 1. The molecule has 0 aliphatic rings. The van der Waals surface area contributed by atoms with E-state index in [0.717, 1.165) is 29.8 Å². The van der Waals surface area contributed by atoms with Crippen LogP contribution in [0.15, 0.2) is 48.5 Å². The Morgan fingerprint density at radius 3 is 2.46 bits per heavy atom. The number of unbranched alkanes of at least 4 members (excludes halogenated alkanes) is 1. The standard InChI is InChI=1S/C19H22N2O4S/c1-2-3-12-25-18-10-6-16(7-11-18)20-19(22)14-26-13-15-4-8-17(9-5-15)21(23)24/h4-11H,2-3,12-14H2,1H3,(H,20,22). The predicted molar refractivity (Wildman–Crippen MR) is 105 cm³/mol. The van der Waals surface area contributed by atoms with E-state index in [0.29, 0.717) is 18.1 Å². The van der Waals surface area contributed by atoms with E-state index in [4.69, 9.17) is 4.74 Å². The summed E-state index contributed by atoms with van der Waals surface area (Å²) in [6, 6.07) is 13.7. The quantitative estimate of drug-likeness (QED) is 0.372. The maximum Gasteiger partial charge on any atom is 0.269 e. The van der Waals surface area contributed by atoms with Crippen molar-refractivity contribution in [3.8, 4) is 5.75 Å². The van der Waals surface area contributed by atoms with Crippen LogP contribution in [0.1, 0.15) is 25.3 Å². The van der Waals surface area contributed by atoms with Gasteiger partial charge in [-0.25, -0.2) is 0 Å². The van der Waals surface area contributed by atoms with E-state index < -0.39 is 4.92 Å². The van der Waals surface area contributed by atoms with Crippen LogP contribution < -0.4 is 10.1 Å². The number of anilines is 1. The van der Waals surface area contributed by atoms with Crippen molar-refractivity contribution in [3.63, 3.8) is 0 Å². The van der Waals surface area contributed by atoms with Gasteiger partial charge in [-0.1, -0.05) is 25.5 Å². The van der Waals surface area contributed by atoms with Crippen molar-refractivity contribution in [1.82, 2.24) is 0 Å². The number of carbonyl (C=O) groups is 1. The van der Waals surface area contributed by atoms with Crippen LogP contribution in [-0.4, -0.2) is 23.2 Å². The van der Waals surface area contributed by atoms with Crippen LogP contribution in [0.4, 0.5) is 11.4 Å². The van der Waals surface area contributed by atoms with Crippen molar-refractivity contribution in [2.24, 2.45) is 0 Å². The second kappa shape index (κ2) is 10.5. The van der Waals surface area contributed by atoms with Crippen LogP contribution in [0.25, 0.3) is 0 Å². The third-order valence-electron chi connectivity index (χ3n) is 3.55. The lowest BCUT2D eigenvalue weighted by Crippen LogP contribution is -2.14. The topological polar surface area (TPSA) is 81.5 Å². The fraction of sp³-hybridized carbons (Fsp3) is 0.316. The van der Waals surface area contributed by atoms with Crippen LogP contribution >= 0.6 is 11.8 Å². The molecule has 1 N–H and O–H groups in total. The molecule has 6 nitrogen and oxygen atoms in total. The number of benzene rings is 2. The number of rotatable bonds is 10. The first-order valence-electron chi connectivity index (χ1n) is 8.42. The summed E-state index contributed by atoms with van der Waals surface area (Å²) in [7, 11) is 0. The average molecular weight is 374 g/mol. The first kappa shape index (κ1) is 19.8. The van der Waals surface area contributed by atoms with Gasteiger partial charge in [-0.2, -0.15) is 0 Å². The highest BCUT2D eigenvalue weighted by atomic mass is 32.2. The van der Waals surface area contributed by atoms with E-state index in [-0.39, 0.29) is 11.6 Å². The zero-order valence-corrected chi connectivity index (χ0v) is 15.5. The molecule has 2 aromatic carbocycles. The summed E-state index contributed by atoms with van der Waals surface area (Å²) in [5.41, 5.74) is 1.74. The molecular weight excluding hydrogens is 352 g/mol. The normalized spacial score (nSPS) is 10.3. The molecule has 7 heteroatoms. The first-order chi connectivity index (χ1) is 12.6. The van der Waals surface area contributed by atoms with E-state index in [1.54, 1.807) is 12.1 Å². The molecule has 0 unspecified atom stereocenters. The maximum absolute atomic E-state index is 12.0. The lowest BCUT2D eigenvalue weighted by Gasteiger charge is -2.08. The minimum Gasteiger partial charge on any atom is -0.494 e. The van der Waals surface area contributed by atoms with Gasteiger partial charge in [-0.15, -0.1) is 11.8 Å². The summed E-state index contributed by atoms with van der Waals surface area (Å²) in [4.78, 5) is 22.2. The summed E-state index contributed by atoms with van der Waals surface area (Å²) in [6.45, 7) is 2.81. The molecule has 0 bridgehead atoms. The molecule has 0 aliphatic heterocycles. The van der Waals surface area contributed by atoms with Crippen molar-refractivity contribution in [2.75, 3.05) is 17.7 Å². The number of nitrogens with zero attached hydrogens (tertiary/aromatic N) is 1. The fourth-order valence-corrected chi connectivity index (χ4v) is 2.93. The summed E-state index contributed by atoms with van der Waals surface area (Å²) in [5.74, 6) is 1.64. The van der Waals surface area contributed by atoms with Gasteiger partial charge >= 0.3 is 0 Å². The Kier molecular flexibility index (Phi) is 7.95. The van der Waals surface area contributed by atoms with E-state index in [2.05, 4.69) is 12.2 Å². The first-order valence-corrected chi connectivity index (χ1v) is 9.57. The Labute approximate surface area is 157 Å². The number of nitrogens with one attached hydrogen (secondary N) is 1. The molecule has 0 radical (unpaired) electrons. The molecule has 26 heavy (non-hydrogen) atoms. The minimum atomic E-state index is -0.426. The Balaban J connectivity index is 1.72. The van der Waals surface area contributed by atoms with Crippen molar-refractivity contribution >= 4 is 29.0 Å². The molecule has 138 valence electrons. The van der Waals surface area contributed by atoms with Gasteiger partial charge in [0.05, 0.1) is 17.3 Å². The molecule has 0 spiro atoms. The van der Waals surface area contributed by atoms with Crippen LogP contribution in [0.5, 0.6) is 5.75 Å². The summed E-state index contributed by atoms with van der Waals surface area (Å²) in [6.07, 6.45) is 2.11. The van der Waals surface area contributed by atoms with Crippen molar-refractivity contribution in [3.05, 3.63) is 64.2 Å². The summed E-state index contributed by atoms with van der Waals surface area (Å²) >= 11 is 1.46. The predicted octanol–water partition coefficient (Wildman–Crippen LogP) is 4.65. The molecule has 0 fully saturated rings. The fourth-order valence-electron chi connectivity index (χ4n) is 2.14. The van der Waals surface area contributed by atoms with Gasteiger partial charge in [0.25, 0.3) is 5.69 Å². The highest BCUT2D eigenvalue weighted by Crippen LogP contribution is 2.18. The summed E-state index contributed by atoms with van der Waals surface area (Å²) < 4.78 is 5.58. The number of carbonyl (C=O) groups excluding carboxylic acids is 1. The van der Waals surface area contributed by atoms with Crippen LogP contribution in [0.3, 0.4) is 0 Å². The van der Waals surface area contributed by atoms with Crippen LogP contribution in [0.2, 0.25) is 0 Å². The Hall–Kier alpha value is -2.54. The zero-order chi connectivity index (χ0) is 18.8. The van der Waals surface area contributed by atoms with E-state index in [1.807, 2.05) is 24.3 Å². The van der Waals surface area contributed by atoms with Gasteiger partial charge < -0.3 is 10.1 Å². The maximum atomic E-state index is 12.0. The van der Waals surface area contributed by atoms with Crippen molar-refractivity contribution in [2.45, 2.75) is 25.5 Å². The smallest absolute Gasteiger partial charge is 0.269 e. The molecule has 0 saturated heterocycles. The molecule has 0 atom stereocenters. The number of nitro benzene ring substituents is 1. The number of non-ortho nitro benzene ring substituents is 1. The summed E-state index contributed by atoms with van der Waals surface area (Å²) in [5, 5.41) is 13.5. The molecule has 0 aliphatic carbocycles. The Morgan fingerprint density at radius 1 is 1.15 bits per heavy atom. The molecular formula is C19H22N2O4S. The third kappa shape index (κ3) is 6.76. The number of hydrogen-bond donors (Lipinski definition) is 1. The van der Waals surface area contributed by atoms with Gasteiger partial charge in [0.15, 0.2) is 0 Å². The van der Waals surface area contributed by atoms with Gasteiger partial charge in [0.2, 0.25) is 5.91 Å². The molecule has 1 amide bonds. The molecule has 2 aromatic rings. The minimum absolute atomic E-state index is 0.0682. The van der Waals surface area contributed by atoms with Gasteiger partial charge in [-0.3, -0.25) is 14.9 Å². The highest BCUT2D eigenvalue weighted by molar-refractivity contribution is 7.99. The van der Waals surface area contributed by atoms with Crippen LogP contribution in [0, 0.1) is 10.1 Å². The molecule has 0 heterocycles. The van der Waals surface area contributed by atoms with Gasteiger partial charge in [-0.05, 0) is 36.2 Å². The molecule has 0 aromatic heterocycles. The van der Waals surface area contributed by atoms with E-state index >= 15 is 0 Å². The second-order valence-corrected chi connectivity index (χ2v) is 6.68. The Bertz CT molecular complexity index is 717. The van der Waals surface area contributed by atoms with Gasteiger partial charge in [0, 0.05) is 23.6 Å². The average Bonchev–Trinajstić information content (AvgIpc) is 2.64. The van der Waals surface area contributed by atoms with Gasteiger partial charge in [0.1, 0.15) is 5.75 Å². The highest BCUT2D eigenvalue weighted by Gasteiger charge is 2.06. The lowest BCUT2D eigenvalue weighted by atomic mass is 10.2. The SMILES string of the molecule is CCCCOc1ccc(NC(=O)CSCc2ccc([N+](=O)[O-])cc2)cc1. The van der Waals surface area contributed by atoms with E-state index in [1.165, 1.54) is 23.9 Å². The van der Waals surface area contributed by atoms with Crippen molar-refractivity contribution in [1.29, 1.82) is 0 Å². The monoisotopic (exact) mass is 374 g/mol. The number of hydrogen-bond acceptors (Lipinski definition) is 5. The molecule has 0 saturated carbocycles.